The molecule has 1 saturated heterocycles. The highest BCUT2D eigenvalue weighted by molar-refractivity contribution is 7.98. The Kier molecular flexibility index (Phi) is 8.51. The second kappa shape index (κ2) is 12.3. The fraction of sp³-hybridized carbons (Fsp3) is 0.312. The Balaban J connectivity index is 1.36. The molecule has 0 aliphatic carbocycles. The Labute approximate surface area is 249 Å². The van der Waals surface area contributed by atoms with Crippen molar-refractivity contribution >= 4 is 17.6 Å². The highest BCUT2D eigenvalue weighted by atomic mass is 32.2. The second-order valence-corrected chi connectivity index (χ2v) is 11.3. The minimum absolute atomic E-state index is 0.0512. The van der Waals surface area contributed by atoms with Crippen LogP contribution in [0.3, 0.4) is 0 Å². The molecule has 10 heteroatoms. The molecule has 9 nitrogen and oxygen atoms in total. The summed E-state index contributed by atoms with van der Waals surface area (Å²) < 4.78 is 22.7. The fourth-order valence-corrected chi connectivity index (χ4v) is 5.81. The van der Waals surface area contributed by atoms with E-state index in [9.17, 15) is 10.5 Å². The van der Waals surface area contributed by atoms with Crippen molar-refractivity contribution < 1.29 is 18.6 Å². The van der Waals surface area contributed by atoms with Crippen LogP contribution in [0.4, 0.5) is 5.82 Å². The standard InChI is InChI=1S/C32H31N5O4S/c1-19-27(36-30(40-19)22-10-13-23(38-4)14-11-22)18-42-31-26(16-34)28(25(15-33)29(35)37-31)21-8-5-20(6-9-21)7-12-24-17-39-32(2,3)41-24/h5-6,8-11,13-14,24H,7,12,17-18H2,1-4H3,(H2,35,37)/t24-/m0/s1. The van der Waals surface area contributed by atoms with Crippen LogP contribution in [0, 0.1) is 29.6 Å². The lowest BCUT2D eigenvalue weighted by atomic mass is 9.95. The summed E-state index contributed by atoms with van der Waals surface area (Å²) in [5.41, 5.74) is 10.6. The number of nitrogens with two attached hydrogens (primary N) is 1. The number of nitriles is 2. The third kappa shape index (κ3) is 6.27. The van der Waals surface area contributed by atoms with E-state index in [1.807, 2.05) is 69.3 Å². The summed E-state index contributed by atoms with van der Waals surface area (Å²) in [7, 11) is 1.62. The zero-order chi connectivity index (χ0) is 29.9. The van der Waals surface area contributed by atoms with Gasteiger partial charge in [-0.2, -0.15) is 10.5 Å². The first-order chi connectivity index (χ1) is 20.2. The van der Waals surface area contributed by atoms with Crippen LogP contribution in [0.1, 0.15) is 48.4 Å². The molecule has 2 N–H and O–H groups in total. The number of hydrogen-bond acceptors (Lipinski definition) is 10. The van der Waals surface area contributed by atoms with Gasteiger partial charge in [-0.15, -0.1) is 0 Å². The molecule has 3 heterocycles. The minimum Gasteiger partial charge on any atom is -0.497 e. The van der Waals surface area contributed by atoms with E-state index >= 15 is 0 Å². The number of pyridine rings is 1. The van der Waals surface area contributed by atoms with E-state index in [4.69, 9.17) is 24.4 Å². The molecule has 1 fully saturated rings. The first kappa shape index (κ1) is 29.2. The zero-order valence-electron chi connectivity index (χ0n) is 23.9. The lowest BCUT2D eigenvalue weighted by molar-refractivity contribution is -0.138. The van der Waals surface area contributed by atoms with E-state index in [-0.39, 0.29) is 17.5 Å². The van der Waals surface area contributed by atoms with Crippen LogP contribution in [-0.4, -0.2) is 35.6 Å². The first-order valence-corrected chi connectivity index (χ1v) is 14.5. The normalized spacial score (nSPS) is 15.7. The third-order valence-electron chi connectivity index (χ3n) is 7.06. The molecule has 2 aromatic carbocycles. The van der Waals surface area contributed by atoms with Crippen LogP contribution < -0.4 is 10.5 Å². The summed E-state index contributed by atoms with van der Waals surface area (Å²) in [6.45, 7) is 6.26. The maximum Gasteiger partial charge on any atom is 0.226 e. The maximum atomic E-state index is 10.2. The van der Waals surface area contributed by atoms with Crippen molar-refractivity contribution in [2.45, 2.75) is 56.3 Å². The molecule has 4 aromatic rings. The van der Waals surface area contributed by atoms with E-state index < -0.39 is 5.79 Å². The number of hydrogen-bond donors (Lipinski definition) is 1. The quantitative estimate of drug-likeness (QED) is 0.220. The van der Waals surface area contributed by atoms with Crippen molar-refractivity contribution in [3.8, 4) is 40.5 Å². The van der Waals surface area contributed by atoms with Gasteiger partial charge in [-0.3, -0.25) is 0 Å². The van der Waals surface area contributed by atoms with Crippen LogP contribution >= 0.6 is 11.8 Å². The molecule has 214 valence electrons. The van der Waals surface area contributed by atoms with Gasteiger partial charge in [0.25, 0.3) is 0 Å². The molecule has 1 aliphatic rings. The Hall–Kier alpha value is -4.35. The highest BCUT2D eigenvalue weighted by Gasteiger charge is 2.32. The molecule has 42 heavy (non-hydrogen) atoms. The monoisotopic (exact) mass is 581 g/mol. The second-order valence-electron chi connectivity index (χ2n) is 10.4. The lowest BCUT2D eigenvalue weighted by Crippen LogP contribution is -2.21. The van der Waals surface area contributed by atoms with Gasteiger partial charge in [-0.1, -0.05) is 36.0 Å². The van der Waals surface area contributed by atoms with Crippen molar-refractivity contribution in [3.05, 3.63) is 76.7 Å². The number of oxazole rings is 1. The molecule has 1 aliphatic heterocycles. The SMILES string of the molecule is COc1ccc(-c2nc(CSc3nc(N)c(C#N)c(-c4ccc(CC[C@H]5COC(C)(C)O5)cc4)c3C#N)c(C)o2)cc1. The number of thioether (sulfide) groups is 1. The summed E-state index contributed by atoms with van der Waals surface area (Å²) in [6.07, 6.45) is 1.70. The number of anilines is 1. The number of nitrogens with zero attached hydrogens (tertiary/aromatic N) is 4. The van der Waals surface area contributed by atoms with Crippen LogP contribution in [0.5, 0.6) is 5.75 Å². The summed E-state index contributed by atoms with van der Waals surface area (Å²) in [4.78, 5) is 9.10. The van der Waals surface area contributed by atoms with E-state index in [0.717, 1.165) is 41.0 Å². The van der Waals surface area contributed by atoms with Crippen molar-refractivity contribution in [2.75, 3.05) is 19.5 Å². The van der Waals surface area contributed by atoms with Crippen LogP contribution in [-0.2, 0) is 21.6 Å². The Morgan fingerprint density at radius 1 is 1.02 bits per heavy atom. The van der Waals surface area contributed by atoms with E-state index in [1.54, 1.807) is 7.11 Å². The van der Waals surface area contributed by atoms with Crippen LogP contribution in [0.2, 0.25) is 0 Å². The summed E-state index contributed by atoms with van der Waals surface area (Å²) in [5, 5.41) is 20.6. The topological polar surface area (TPSA) is 140 Å². The van der Waals surface area contributed by atoms with Gasteiger partial charge in [-0.25, -0.2) is 9.97 Å². The van der Waals surface area contributed by atoms with Gasteiger partial charge in [0.15, 0.2) is 5.79 Å². The van der Waals surface area contributed by atoms with Gasteiger partial charge in [0.05, 0.1) is 31.1 Å². The van der Waals surface area contributed by atoms with Crippen LogP contribution in [0.25, 0.3) is 22.6 Å². The van der Waals surface area contributed by atoms with Crippen molar-refractivity contribution in [1.29, 1.82) is 10.5 Å². The molecule has 0 radical (unpaired) electrons. The van der Waals surface area contributed by atoms with Gasteiger partial charge in [0.1, 0.15) is 40.1 Å². The Morgan fingerprint density at radius 2 is 1.71 bits per heavy atom. The summed E-state index contributed by atoms with van der Waals surface area (Å²) in [6, 6.07) is 19.7. The molecular formula is C32H31N5O4S. The first-order valence-electron chi connectivity index (χ1n) is 13.5. The van der Waals surface area contributed by atoms with E-state index in [2.05, 4.69) is 22.1 Å². The number of aryl methyl sites for hydroxylation is 2. The minimum atomic E-state index is -0.544. The highest BCUT2D eigenvalue weighted by Crippen LogP contribution is 2.37. The summed E-state index contributed by atoms with van der Waals surface area (Å²) in [5.74, 6) is 1.85. The summed E-state index contributed by atoms with van der Waals surface area (Å²) >= 11 is 1.33. The van der Waals surface area contributed by atoms with E-state index in [1.165, 1.54) is 11.8 Å². The fourth-order valence-electron chi connectivity index (χ4n) is 4.82. The van der Waals surface area contributed by atoms with Crippen molar-refractivity contribution in [1.82, 2.24) is 9.97 Å². The molecule has 0 unspecified atom stereocenters. The zero-order valence-corrected chi connectivity index (χ0v) is 24.7. The van der Waals surface area contributed by atoms with Gasteiger partial charge >= 0.3 is 0 Å². The van der Waals surface area contributed by atoms with Crippen molar-refractivity contribution in [3.63, 3.8) is 0 Å². The molecular weight excluding hydrogens is 550 g/mol. The Morgan fingerprint density at radius 3 is 2.33 bits per heavy atom. The van der Waals surface area contributed by atoms with Crippen molar-refractivity contribution in [2.24, 2.45) is 0 Å². The van der Waals surface area contributed by atoms with Gasteiger partial charge in [-0.05, 0) is 69.0 Å². The molecule has 5 rings (SSSR count). The van der Waals surface area contributed by atoms with Gasteiger partial charge in [0, 0.05) is 16.9 Å². The number of ether oxygens (including phenoxy) is 3. The van der Waals surface area contributed by atoms with Gasteiger partial charge in [0.2, 0.25) is 5.89 Å². The molecule has 0 amide bonds. The number of rotatable bonds is 9. The van der Waals surface area contributed by atoms with E-state index in [0.29, 0.717) is 40.2 Å². The number of methoxy groups -OCH3 is 1. The maximum absolute atomic E-state index is 10.2. The third-order valence-corrected chi connectivity index (χ3v) is 8.04. The molecule has 0 saturated carbocycles. The average Bonchev–Trinajstić information content (AvgIpc) is 3.55. The predicted octanol–water partition coefficient (Wildman–Crippen LogP) is 6.42. The average molecular weight is 582 g/mol. The van der Waals surface area contributed by atoms with Crippen LogP contribution in [0.15, 0.2) is 58.0 Å². The predicted molar refractivity (Wildman–Crippen MR) is 160 cm³/mol. The largest absolute Gasteiger partial charge is 0.497 e. The number of nitrogen functional groups attached to an aromatic ring is 1. The molecule has 0 spiro atoms. The Bertz CT molecular complexity index is 1670. The van der Waals surface area contributed by atoms with Gasteiger partial charge < -0.3 is 24.4 Å². The number of benzene rings is 2. The molecule has 1 atom stereocenters. The number of aromatic nitrogens is 2. The molecule has 2 aromatic heterocycles. The molecule has 0 bridgehead atoms. The lowest BCUT2D eigenvalue weighted by Gasteiger charge is -2.17. The smallest absolute Gasteiger partial charge is 0.226 e.